The summed E-state index contributed by atoms with van der Waals surface area (Å²) >= 11 is 1.26. The molecule has 0 saturated heterocycles. The lowest BCUT2D eigenvalue weighted by molar-refractivity contribution is -0.117. The number of hydrogen-bond donors (Lipinski definition) is 2. The minimum atomic E-state index is -3.69. The van der Waals surface area contributed by atoms with Crippen LogP contribution >= 0.6 is 11.3 Å². The highest BCUT2D eigenvalue weighted by atomic mass is 32.2. The van der Waals surface area contributed by atoms with Crippen LogP contribution in [0.5, 0.6) is 0 Å². The largest absolute Gasteiger partial charge is 0.478 e. The van der Waals surface area contributed by atoms with Crippen molar-refractivity contribution in [3.63, 3.8) is 0 Å². The standard InChI is InChI=1S/C22H21N3O6S2/c1-25(2)33(30,31)18-8-4-6-15(10-18)21(27)23-12-17(26)11-20-24-19(13-32-20)14-5-3-7-16(9-14)22(28)29/h3-10,13H,11-12H2,1-2H3,(H,23,27)(H,28,29). The number of sulfonamides is 1. The second-order valence-corrected chi connectivity index (χ2v) is 10.3. The number of amides is 1. The number of thiazole rings is 1. The second-order valence-electron chi connectivity index (χ2n) is 7.23. The van der Waals surface area contributed by atoms with Gasteiger partial charge in [-0.3, -0.25) is 9.59 Å². The molecule has 1 heterocycles. The number of nitrogens with zero attached hydrogens (tertiary/aromatic N) is 2. The molecule has 3 aromatic rings. The summed E-state index contributed by atoms with van der Waals surface area (Å²) in [4.78, 5) is 40.2. The molecule has 1 aromatic heterocycles. The van der Waals surface area contributed by atoms with Gasteiger partial charge in [-0.25, -0.2) is 22.5 Å². The molecule has 33 heavy (non-hydrogen) atoms. The first-order valence-corrected chi connectivity index (χ1v) is 12.0. The van der Waals surface area contributed by atoms with Crippen LogP contribution in [0, 0.1) is 0 Å². The number of rotatable bonds is 9. The Morgan fingerprint density at radius 1 is 1.06 bits per heavy atom. The van der Waals surface area contributed by atoms with Crippen LogP contribution in [0.2, 0.25) is 0 Å². The molecule has 0 aliphatic heterocycles. The van der Waals surface area contributed by atoms with Crippen LogP contribution in [0.25, 0.3) is 11.3 Å². The summed E-state index contributed by atoms with van der Waals surface area (Å²) in [6.45, 7) is -0.243. The van der Waals surface area contributed by atoms with Gasteiger partial charge < -0.3 is 10.4 Å². The fourth-order valence-corrected chi connectivity index (χ4v) is 4.64. The number of aromatic carboxylic acids is 1. The topological polar surface area (TPSA) is 134 Å². The molecular formula is C22H21N3O6S2. The third kappa shape index (κ3) is 5.89. The van der Waals surface area contributed by atoms with E-state index in [2.05, 4.69) is 10.3 Å². The molecule has 2 aromatic carbocycles. The van der Waals surface area contributed by atoms with Crippen molar-refractivity contribution in [3.05, 3.63) is 70.0 Å². The Morgan fingerprint density at radius 3 is 2.45 bits per heavy atom. The Labute approximate surface area is 194 Å². The van der Waals surface area contributed by atoms with Gasteiger partial charge in [-0.1, -0.05) is 18.2 Å². The van der Waals surface area contributed by atoms with Gasteiger partial charge in [0.1, 0.15) is 5.01 Å². The Bertz CT molecular complexity index is 1310. The van der Waals surface area contributed by atoms with Crippen LogP contribution in [-0.4, -0.2) is 61.1 Å². The van der Waals surface area contributed by atoms with E-state index in [1.54, 1.807) is 17.5 Å². The SMILES string of the molecule is CN(C)S(=O)(=O)c1cccc(C(=O)NCC(=O)Cc2nc(-c3cccc(C(=O)O)c3)cs2)c1. The smallest absolute Gasteiger partial charge is 0.335 e. The van der Waals surface area contributed by atoms with Gasteiger partial charge >= 0.3 is 5.97 Å². The first-order valence-electron chi connectivity index (χ1n) is 9.68. The minimum Gasteiger partial charge on any atom is -0.478 e. The third-order valence-electron chi connectivity index (χ3n) is 4.63. The van der Waals surface area contributed by atoms with Gasteiger partial charge in [-0.2, -0.15) is 0 Å². The third-order valence-corrected chi connectivity index (χ3v) is 7.29. The van der Waals surface area contributed by atoms with Crippen molar-refractivity contribution in [2.75, 3.05) is 20.6 Å². The highest BCUT2D eigenvalue weighted by Crippen LogP contribution is 2.23. The molecule has 1 amide bonds. The van der Waals surface area contributed by atoms with E-state index in [4.69, 9.17) is 5.11 Å². The molecule has 0 aliphatic rings. The number of carboxylic acids is 1. The molecule has 3 rings (SSSR count). The van der Waals surface area contributed by atoms with Crippen molar-refractivity contribution in [1.82, 2.24) is 14.6 Å². The van der Waals surface area contributed by atoms with Crippen molar-refractivity contribution >= 4 is 39.0 Å². The van der Waals surface area contributed by atoms with Crippen molar-refractivity contribution in [3.8, 4) is 11.3 Å². The highest BCUT2D eigenvalue weighted by molar-refractivity contribution is 7.89. The molecule has 0 fully saturated rings. The number of ketones is 1. The number of carboxylic acid groups (broad SMARTS) is 1. The summed E-state index contributed by atoms with van der Waals surface area (Å²) in [6.07, 6.45) is -0.00137. The van der Waals surface area contributed by atoms with E-state index in [1.807, 2.05) is 0 Å². The molecule has 0 saturated carbocycles. The van der Waals surface area contributed by atoms with Gasteiger partial charge in [0.15, 0.2) is 5.78 Å². The zero-order valence-electron chi connectivity index (χ0n) is 17.8. The predicted molar refractivity (Wildman–Crippen MR) is 123 cm³/mol. The molecule has 172 valence electrons. The summed E-state index contributed by atoms with van der Waals surface area (Å²) in [6, 6.07) is 11.9. The maximum atomic E-state index is 12.4. The average Bonchev–Trinajstić information content (AvgIpc) is 3.26. The van der Waals surface area contributed by atoms with Crippen LogP contribution in [0.15, 0.2) is 58.8 Å². The summed E-state index contributed by atoms with van der Waals surface area (Å²) in [5.74, 6) is -1.88. The summed E-state index contributed by atoms with van der Waals surface area (Å²) in [7, 11) is -0.893. The highest BCUT2D eigenvalue weighted by Gasteiger charge is 2.19. The van der Waals surface area contributed by atoms with E-state index in [9.17, 15) is 22.8 Å². The first kappa shape index (κ1) is 24.2. The lowest BCUT2D eigenvalue weighted by Gasteiger charge is -2.12. The van der Waals surface area contributed by atoms with Gasteiger partial charge in [-0.15, -0.1) is 11.3 Å². The van der Waals surface area contributed by atoms with E-state index < -0.39 is 21.9 Å². The number of carbonyl (C=O) groups is 3. The second kappa shape index (κ2) is 10.0. The van der Waals surface area contributed by atoms with Gasteiger partial charge in [0.25, 0.3) is 5.91 Å². The van der Waals surface area contributed by atoms with Crippen molar-refractivity contribution < 1.29 is 27.9 Å². The Kier molecular flexibility index (Phi) is 7.36. The molecule has 0 aliphatic carbocycles. The van der Waals surface area contributed by atoms with Crippen LogP contribution in [-0.2, 0) is 21.2 Å². The van der Waals surface area contributed by atoms with E-state index in [1.165, 1.54) is 61.8 Å². The fraction of sp³-hybridized carbons (Fsp3) is 0.182. The number of nitrogens with one attached hydrogen (secondary N) is 1. The Hall–Kier alpha value is -3.41. The molecule has 2 N–H and O–H groups in total. The molecule has 9 nitrogen and oxygen atoms in total. The summed E-state index contributed by atoms with van der Waals surface area (Å²) in [5, 5.41) is 13.9. The number of benzene rings is 2. The Balaban J connectivity index is 1.61. The molecule has 11 heteroatoms. The molecule has 0 atom stereocenters. The maximum Gasteiger partial charge on any atom is 0.335 e. The lowest BCUT2D eigenvalue weighted by Crippen LogP contribution is -2.30. The Morgan fingerprint density at radius 2 is 1.76 bits per heavy atom. The quantitative estimate of drug-likeness (QED) is 0.473. The van der Waals surface area contributed by atoms with Crippen molar-refractivity contribution in [2.24, 2.45) is 0 Å². The normalized spacial score (nSPS) is 11.4. The molecule has 0 bridgehead atoms. The molecule has 0 unspecified atom stereocenters. The monoisotopic (exact) mass is 487 g/mol. The summed E-state index contributed by atoms with van der Waals surface area (Å²) in [5.41, 5.74) is 1.46. The molecule has 0 spiro atoms. The lowest BCUT2D eigenvalue weighted by atomic mass is 10.1. The van der Waals surface area contributed by atoms with Gasteiger partial charge in [0.2, 0.25) is 10.0 Å². The minimum absolute atomic E-state index is 0.00137. The number of hydrogen-bond acceptors (Lipinski definition) is 7. The zero-order valence-corrected chi connectivity index (χ0v) is 19.4. The van der Waals surface area contributed by atoms with Crippen molar-refractivity contribution in [1.29, 1.82) is 0 Å². The van der Waals surface area contributed by atoms with E-state index in [0.29, 0.717) is 16.3 Å². The molecule has 0 radical (unpaired) electrons. The van der Waals surface area contributed by atoms with Crippen LogP contribution in [0.4, 0.5) is 0 Å². The van der Waals surface area contributed by atoms with Crippen LogP contribution < -0.4 is 5.32 Å². The molecular weight excluding hydrogens is 466 g/mol. The predicted octanol–water partition coefficient (Wildman–Crippen LogP) is 2.30. The first-order chi connectivity index (χ1) is 15.6. The number of Topliss-reactive ketones (excluding diaryl/α,β-unsaturated/α-hetero) is 1. The number of aromatic nitrogens is 1. The van der Waals surface area contributed by atoms with E-state index >= 15 is 0 Å². The van der Waals surface area contributed by atoms with E-state index in [0.717, 1.165) is 4.31 Å². The zero-order chi connectivity index (χ0) is 24.2. The van der Waals surface area contributed by atoms with Crippen LogP contribution in [0.1, 0.15) is 25.7 Å². The van der Waals surface area contributed by atoms with Crippen LogP contribution in [0.3, 0.4) is 0 Å². The van der Waals surface area contributed by atoms with Gasteiger partial charge in [0, 0.05) is 30.6 Å². The van der Waals surface area contributed by atoms with Gasteiger partial charge in [-0.05, 0) is 30.3 Å². The average molecular weight is 488 g/mol. The van der Waals surface area contributed by atoms with Gasteiger partial charge in [0.05, 0.1) is 29.1 Å². The number of carbonyl (C=O) groups excluding carboxylic acids is 2. The summed E-state index contributed by atoms with van der Waals surface area (Å²) < 4.78 is 25.5. The van der Waals surface area contributed by atoms with E-state index in [-0.39, 0.29) is 34.8 Å². The fourth-order valence-electron chi connectivity index (χ4n) is 2.86. The maximum absolute atomic E-state index is 12.4. The van der Waals surface area contributed by atoms with Crippen molar-refractivity contribution in [2.45, 2.75) is 11.3 Å².